The van der Waals surface area contributed by atoms with Crippen LogP contribution in [0.4, 0.5) is 0 Å². The Morgan fingerprint density at radius 3 is 2.19 bits per heavy atom. The van der Waals surface area contributed by atoms with Crippen LogP contribution in [0.15, 0.2) is 33.7 Å². The summed E-state index contributed by atoms with van der Waals surface area (Å²) in [6.45, 7) is 10.3. The molecule has 0 fully saturated rings. The summed E-state index contributed by atoms with van der Waals surface area (Å²) in [4.78, 5) is 27.1. The van der Waals surface area contributed by atoms with Crippen LogP contribution in [0.2, 0.25) is 0 Å². The summed E-state index contributed by atoms with van der Waals surface area (Å²) in [7, 11) is 3.05. The van der Waals surface area contributed by atoms with Crippen molar-refractivity contribution in [3.8, 4) is 11.5 Å². The first-order chi connectivity index (χ1) is 17.1. The number of aryl methyl sites for hydroxylation is 1. The van der Waals surface area contributed by atoms with Crippen LogP contribution >= 0.6 is 0 Å². The van der Waals surface area contributed by atoms with E-state index in [9.17, 15) is 9.59 Å². The first-order valence-corrected chi connectivity index (χ1v) is 11.8. The maximum absolute atomic E-state index is 13.9. The van der Waals surface area contributed by atoms with Gasteiger partial charge >= 0.3 is 0 Å². The number of rotatable bonds is 7. The van der Waals surface area contributed by atoms with Crippen LogP contribution in [0.5, 0.6) is 11.5 Å². The Bertz CT molecular complexity index is 1420. The number of carbonyl (C=O) groups is 1. The van der Waals surface area contributed by atoms with E-state index < -0.39 is 0 Å². The molecule has 7 nitrogen and oxygen atoms in total. The molecule has 0 unspecified atom stereocenters. The molecule has 0 bridgehead atoms. The number of hydrogen-bond donors (Lipinski definition) is 0. The van der Waals surface area contributed by atoms with E-state index in [1.165, 1.54) is 20.5 Å². The number of fused-ring (bicyclic) bond motifs is 2. The molecule has 1 aromatic heterocycles. The molecule has 0 saturated carbocycles. The molecule has 0 spiro atoms. The highest BCUT2D eigenvalue weighted by Crippen LogP contribution is 2.38. The van der Waals surface area contributed by atoms with Crippen LogP contribution in [-0.4, -0.2) is 33.6 Å². The predicted molar refractivity (Wildman–Crippen MR) is 139 cm³/mol. The van der Waals surface area contributed by atoms with Gasteiger partial charge in [0, 0.05) is 26.2 Å². The zero-order valence-corrected chi connectivity index (χ0v) is 21.9. The van der Waals surface area contributed by atoms with Gasteiger partial charge in [0.1, 0.15) is 11.8 Å². The van der Waals surface area contributed by atoms with Gasteiger partial charge in [0.05, 0.1) is 10.9 Å². The third-order valence-electron chi connectivity index (χ3n) is 6.45. The smallest absolute Gasteiger partial charge is 0.200 e. The molecule has 190 valence electrons. The maximum Gasteiger partial charge on any atom is 0.200 e. The van der Waals surface area contributed by atoms with Gasteiger partial charge in [-0.25, -0.2) is 0 Å². The molecule has 0 atom stereocenters. The zero-order chi connectivity index (χ0) is 26.2. The molecular formula is C29H32O7. The lowest BCUT2D eigenvalue weighted by atomic mass is 9.79. The van der Waals surface area contributed by atoms with E-state index in [-0.39, 0.29) is 42.2 Å². The molecule has 0 N–H and O–H groups in total. The second kappa shape index (κ2) is 9.91. The number of hydrogen-bond acceptors (Lipinski definition) is 7. The van der Waals surface area contributed by atoms with Crippen molar-refractivity contribution in [1.82, 2.24) is 0 Å². The van der Waals surface area contributed by atoms with Gasteiger partial charge < -0.3 is 23.4 Å². The highest BCUT2D eigenvalue weighted by molar-refractivity contribution is 6.27. The van der Waals surface area contributed by atoms with Gasteiger partial charge in [-0.1, -0.05) is 20.8 Å². The van der Waals surface area contributed by atoms with Gasteiger partial charge in [0.25, 0.3) is 0 Å². The van der Waals surface area contributed by atoms with Crippen LogP contribution in [0.1, 0.15) is 54.2 Å². The predicted octanol–water partition coefficient (Wildman–Crippen LogP) is 5.34. The lowest BCUT2D eigenvalue weighted by molar-refractivity contribution is -0.113. The average molecular weight is 493 g/mol. The molecule has 2 aromatic carbocycles. The number of methoxy groups -OCH3 is 2. The van der Waals surface area contributed by atoms with Crippen LogP contribution in [-0.2, 0) is 26.1 Å². The summed E-state index contributed by atoms with van der Waals surface area (Å²) in [6.07, 6.45) is 3.24. The Balaban J connectivity index is 1.90. The molecule has 3 aromatic rings. The second-order valence-corrected chi connectivity index (χ2v) is 10.1. The first kappa shape index (κ1) is 25.7. The van der Waals surface area contributed by atoms with E-state index in [0.29, 0.717) is 28.0 Å². The minimum atomic E-state index is -0.286. The average Bonchev–Trinajstić information content (AvgIpc) is 2.81. The monoisotopic (exact) mass is 492 g/mol. The summed E-state index contributed by atoms with van der Waals surface area (Å²) in [5, 5.41) is 0.523. The van der Waals surface area contributed by atoms with Crippen molar-refractivity contribution in [2.45, 2.75) is 46.5 Å². The van der Waals surface area contributed by atoms with Crippen LogP contribution in [0.25, 0.3) is 22.6 Å². The topological polar surface area (TPSA) is 84.2 Å². The van der Waals surface area contributed by atoms with Gasteiger partial charge in [0.15, 0.2) is 30.9 Å². The minimum absolute atomic E-state index is 0.0280. The fourth-order valence-corrected chi connectivity index (χ4v) is 4.74. The molecule has 1 aliphatic rings. The van der Waals surface area contributed by atoms with Gasteiger partial charge in [-0.2, -0.15) is 0 Å². The fraction of sp³-hybridized carbons (Fsp3) is 0.379. The van der Waals surface area contributed by atoms with Crippen molar-refractivity contribution in [3.05, 3.63) is 68.1 Å². The number of allylic oxidation sites excluding steroid dienone is 1. The van der Waals surface area contributed by atoms with Gasteiger partial charge in [0.2, 0.25) is 5.43 Å². The van der Waals surface area contributed by atoms with Crippen molar-refractivity contribution in [1.29, 1.82) is 0 Å². The summed E-state index contributed by atoms with van der Waals surface area (Å²) in [5.74, 6) is 0.728. The molecule has 7 heteroatoms. The quantitative estimate of drug-likeness (QED) is 0.412. The lowest BCUT2D eigenvalue weighted by Gasteiger charge is -2.25. The van der Waals surface area contributed by atoms with E-state index in [0.717, 1.165) is 27.8 Å². The standard InChI is InChI=1S/C29H32O7/c1-16-8-25-26(27(17(16)2)29(3,4)5)28(31)21(13-34-25)20-9-18-11-23(35-14-32-6)24(36-15-33-7)12-19(18)10-22(20)30/h8-9,11-13H,10,14-15H2,1-7H3. The van der Waals surface area contributed by atoms with Crippen LogP contribution in [0.3, 0.4) is 0 Å². The Kier molecular flexibility index (Phi) is 7.07. The lowest BCUT2D eigenvalue weighted by Crippen LogP contribution is -2.22. The van der Waals surface area contributed by atoms with Crippen LogP contribution < -0.4 is 14.9 Å². The molecule has 0 aliphatic heterocycles. The summed E-state index contributed by atoms with van der Waals surface area (Å²) in [6, 6.07) is 5.43. The Morgan fingerprint density at radius 2 is 1.58 bits per heavy atom. The molecule has 1 heterocycles. The largest absolute Gasteiger partial charge is 0.464 e. The fourth-order valence-electron chi connectivity index (χ4n) is 4.74. The number of benzene rings is 2. The minimum Gasteiger partial charge on any atom is -0.464 e. The first-order valence-electron chi connectivity index (χ1n) is 11.8. The van der Waals surface area contributed by atoms with Crippen LogP contribution in [0, 0.1) is 13.8 Å². The van der Waals surface area contributed by atoms with E-state index in [1.807, 2.05) is 19.9 Å². The van der Waals surface area contributed by atoms with Crippen molar-refractivity contribution in [3.63, 3.8) is 0 Å². The Morgan fingerprint density at radius 1 is 0.944 bits per heavy atom. The molecule has 0 amide bonds. The second-order valence-electron chi connectivity index (χ2n) is 10.1. The van der Waals surface area contributed by atoms with Gasteiger partial charge in [-0.15, -0.1) is 0 Å². The number of ketones is 1. The zero-order valence-electron chi connectivity index (χ0n) is 21.9. The van der Waals surface area contributed by atoms with Crippen molar-refractivity contribution in [2.24, 2.45) is 0 Å². The molecule has 1 aliphatic carbocycles. The van der Waals surface area contributed by atoms with E-state index in [2.05, 4.69) is 20.8 Å². The van der Waals surface area contributed by atoms with Crippen molar-refractivity contribution in [2.75, 3.05) is 27.8 Å². The number of Topliss-reactive ketones (excluding diaryl/α,β-unsaturated/α-hetero) is 1. The van der Waals surface area contributed by atoms with E-state index in [1.54, 1.807) is 18.2 Å². The highest BCUT2D eigenvalue weighted by atomic mass is 16.7. The number of ether oxygens (including phenoxy) is 4. The summed E-state index contributed by atoms with van der Waals surface area (Å²) < 4.78 is 27.3. The van der Waals surface area contributed by atoms with Crippen molar-refractivity contribution >= 4 is 28.4 Å². The van der Waals surface area contributed by atoms with Gasteiger partial charge in [-0.3, -0.25) is 9.59 Å². The molecule has 4 rings (SSSR count). The Labute approximate surface area is 210 Å². The third-order valence-corrected chi connectivity index (χ3v) is 6.45. The molecule has 0 radical (unpaired) electrons. The van der Waals surface area contributed by atoms with E-state index >= 15 is 0 Å². The molecule has 36 heavy (non-hydrogen) atoms. The third kappa shape index (κ3) is 4.68. The summed E-state index contributed by atoms with van der Waals surface area (Å²) >= 11 is 0. The number of carbonyl (C=O) groups excluding carboxylic acids is 1. The van der Waals surface area contributed by atoms with E-state index in [4.69, 9.17) is 23.4 Å². The molecule has 0 saturated heterocycles. The maximum atomic E-state index is 13.9. The summed E-state index contributed by atoms with van der Waals surface area (Å²) in [5.41, 5.74) is 5.18. The highest BCUT2D eigenvalue weighted by Gasteiger charge is 2.28. The Hall–Kier alpha value is -3.42. The normalized spacial score (nSPS) is 13.5. The van der Waals surface area contributed by atoms with Gasteiger partial charge in [-0.05, 0) is 71.4 Å². The molecular weight excluding hydrogens is 460 g/mol. The van der Waals surface area contributed by atoms with Crippen molar-refractivity contribution < 1.29 is 28.2 Å². The SMILES string of the molecule is COCOc1cc2c(cc1OCOC)CC(=O)C(c1coc3cc(C)c(C)c(C(C)(C)C)c3c1=O)=C2.